The number of ether oxygens (including phenoxy) is 1. The number of hydrogen-bond donors (Lipinski definition) is 1. The molecule has 1 saturated carbocycles. The highest BCUT2D eigenvalue weighted by molar-refractivity contribution is 5.72. The van der Waals surface area contributed by atoms with Gasteiger partial charge < -0.3 is 15.4 Å². The van der Waals surface area contributed by atoms with E-state index in [1.807, 2.05) is 20.8 Å². The van der Waals surface area contributed by atoms with Crippen LogP contribution in [0.1, 0.15) is 68.3 Å². The Bertz CT molecular complexity index is 1490. The molecular weight excluding hydrogens is 523 g/mol. The number of halogens is 3. The monoisotopic (exact) mass is 555 g/mol. The molecule has 40 heavy (non-hydrogen) atoms. The number of carbonyl (C=O) groups excluding carboxylic acids is 1. The van der Waals surface area contributed by atoms with Gasteiger partial charge >= 0.3 is 12.3 Å². The van der Waals surface area contributed by atoms with E-state index >= 15 is 0 Å². The SMILES string of the molecule is Cc1c(Cn2cc(-c3nn(C4CC5(CCN(C(=O)OC(C)(C)C)C5)C4)c(N)c3C#N)cn2)cccc1C(F)(F)F. The van der Waals surface area contributed by atoms with Gasteiger partial charge in [0.15, 0.2) is 0 Å². The lowest BCUT2D eigenvalue weighted by molar-refractivity contribution is -0.138. The quantitative estimate of drug-likeness (QED) is 0.452. The largest absolute Gasteiger partial charge is 0.444 e. The molecule has 2 aliphatic rings. The summed E-state index contributed by atoms with van der Waals surface area (Å²) in [6.45, 7) is 8.36. The van der Waals surface area contributed by atoms with Gasteiger partial charge in [0.2, 0.25) is 0 Å². The van der Waals surface area contributed by atoms with Crippen molar-refractivity contribution in [2.24, 2.45) is 5.41 Å². The van der Waals surface area contributed by atoms with Crippen LogP contribution in [-0.2, 0) is 17.5 Å². The number of nitrogens with two attached hydrogens (primary N) is 1. The molecule has 5 rings (SSSR count). The number of likely N-dealkylation sites (tertiary alicyclic amines) is 1. The van der Waals surface area contributed by atoms with Crippen LogP contribution in [0.3, 0.4) is 0 Å². The van der Waals surface area contributed by atoms with Gasteiger partial charge in [-0.25, -0.2) is 9.48 Å². The van der Waals surface area contributed by atoms with Crippen LogP contribution in [0.15, 0.2) is 30.6 Å². The molecule has 3 heterocycles. The number of amides is 1. The number of aromatic nitrogens is 4. The summed E-state index contributed by atoms with van der Waals surface area (Å²) in [4.78, 5) is 14.3. The fourth-order valence-electron chi connectivity index (χ4n) is 5.81. The predicted molar refractivity (Wildman–Crippen MR) is 141 cm³/mol. The Kier molecular flexibility index (Phi) is 6.59. The molecule has 0 atom stereocenters. The van der Waals surface area contributed by atoms with E-state index in [1.165, 1.54) is 23.9 Å². The van der Waals surface area contributed by atoms with Gasteiger partial charge in [-0.15, -0.1) is 0 Å². The number of nitrogens with zero attached hydrogens (tertiary/aromatic N) is 6. The van der Waals surface area contributed by atoms with Gasteiger partial charge in [-0.3, -0.25) is 4.68 Å². The van der Waals surface area contributed by atoms with Crippen LogP contribution in [0.5, 0.6) is 0 Å². The van der Waals surface area contributed by atoms with Crippen LogP contribution in [-0.4, -0.2) is 49.2 Å². The minimum absolute atomic E-state index is 0.0118. The lowest BCUT2D eigenvalue weighted by Crippen LogP contribution is -2.43. The smallest absolute Gasteiger partial charge is 0.416 e. The maximum atomic E-state index is 13.3. The molecule has 2 aromatic heterocycles. The Balaban J connectivity index is 1.31. The molecule has 9 nitrogen and oxygen atoms in total. The summed E-state index contributed by atoms with van der Waals surface area (Å²) in [5, 5.41) is 18.8. The number of alkyl halides is 3. The Morgan fingerprint density at radius 1 is 1.27 bits per heavy atom. The number of hydrogen-bond acceptors (Lipinski definition) is 6. The highest BCUT2D eigenvalue weighted by atomic mass is 19.4. The Morgan fingerprint density at radius 3 is 2.65 bits per heavy atom. The van der Waals surface area contributed by atoms with Crippen molar-refractivity contribution in [3.8, 4) is 17.3 Å². The van der Waals surface area contributed by atoms with Crippen molar-refractivity contribution in [2.75, 3.05) is 18.8 Å². The molecule has 1 aromatic carbocycles. The number of nitriles is 1. The second-order valence-corrected chi connectivity index (χ2v) is 11.9. The number of anilines is 1. The fraction of sp³-hybridized carbons (Fsp3) is 0.500. The van der Waals surface area contributed by atoms with Crippen LogP contribution in [0.4, 0.5) is 23.8 Å². The van der Waals surface area contributed by atoms with Crippen molar-refractivity contribution in [3.63, 3.8) is 0 Å². The zero-order chi connectivity index (χ0) is 29.0. The van der Waals surface area contributed by atoms with Crippen LogP contribution in [0.25, 0.3) is 11.3 Å². The lowest BCUT2D eigenvalue weighted by Gasteiger charge is -2.45. The lowest BCUT2D eigenvalue weighted by atomic mass is 9.65. The fourth-order valence-corrected chi connectivity index (χ4v) is 5.81. The molecule has 0 unspecified atom stereocenters. The molecule has 1 amide bonds. The van der Waals surface area contributed by atoms with Gasteiger partial charge in [0.05, 0.1) is 24.3 Å². The highest BCUT2D eigenvalue weighted by Gasteiger charge is 2.51. The summed E-state index contributed by atoms with van der Waals surface area (Å²) in [7, 11) is 0. The summed E-state index contributed by atoms with van der Waals surface area (Å²) < 4.78 is 48.7. The standard InChI is InChI=1S/C28H32F3N7O2/c1-17-18(6-5-7-22(17)28(29,30)31)14-37-15-19(13-34-37)23-21(12-32)24(33)38(35-23)20-10-27(11-20)8-9-36(16-27)25(39)40-26(2,3)4/h5-7,13,15,20H,8-11,14,16,33H2,1-4H3. The first kappa shape index (κ1) is 27.6. The summed E-state index contributed by atoms with van der Waals surface area (Å²) in [5.41, 5.74) is 6.92. The van der Waals surface area contributed by atoms with Gasteiger partial charge in [-0.1, -0.05) is 12.1 Å². The van der Waals surface area contributed by atoms with E-state index in [4.69, 9.17) is 10.5 Å². The molecule has 3 aromatic rings. The van der Waals surface area contributed by atoms with Crippen molar-refractivity contribution in [2.45, 2.75) is 71.3 Å². The van der Waals surface area contributed by atoms with E-state index in [2.05, 4.69) is 16.3 Å². The zero-order valence-electron chi connectivity index (χ0n) is 22.9. The molecule has 1 aliphatic heterocycles. The molecule has 0 bridgehead atoms. The maximum Gasteiger partial charge on any atom is 0.416 e. The Morgan fingerprint density at radius 2 is 2.00 bits per heavy atom. The number of carbonyl (C=O) groups is 1. The van der Waals surface area contributed by atoms with E-state index in [1.54, 1.807) is 21.8 Å². The molecule has 2 fully saturated rings. The minimum Gasteiger partial charge on any atom is -0.444 e. The van der Waals surface area contributed by atoms with Gasteiger partial charge in [-0.2, -0.15) is 28.6 Å². The van der Waals surface area contributed by atoms with Crippen LogP contribution >= 0.6 is 0 Å². The number of rotatable bonds is 4. The first-order valence-electron chi connectivity index (χ1n) is 13.1. The van der Waals surface area contributed by atoms with Gasteiger partial charge in [-0.05, 0) is 69.6 Å². The third kappa shape index (κ3) is 5.12. The van der Waals surface area contributed by atoms with Crippen molar-refractivity contribution in [1.82, 2.24) is 24.5 Å². The topological polar surface area (TPSA) is 115 Å². The molecule has 1 saturated heterocycles. The summed E-state index contributed by atoms with van der Waals surface area (Å²) in [6.07, 6.45) is 0.862. The van der Waals surface area contributed by atoms with Crippen LogP contribution in [0.2, 0.25) is 0 Å². The minimum atomic E-state index is -4.44. The molecular formula is C28H32F3N7O2. The van der Waals surface area contributed by atoms with Crippen molar-refractivity contribution in [1.29, 1.82) is 5.26 Å². The van der Waals surface area contributed by atoms with E-state index in [0.29, 0.717) is 29.9 Å². The van der Waals surface area contributed by atoms with Crippen LogP contribution in [0, 0.1) is 23.7 Å². The normalized spacial score (nSPS) is 20.9. The molecule has 1 aliphatic carbocycles. The maximum absolute atomic E-state index is 13.3. The van der Waals surface area contributed by atoms with Crippen molar-refractivity contribution < 1.29 is 22.7 Å². The van der Waals surface area contributed by atoms with E-state index in [-0.39, 0.29) is 41.0 Å². The first-order chi connectivity index (χ1) is 18.7. The van der Waals surface area contributed by atoms with Gasteiger partial charge in [0, 0.05) is 24.8 Å². The number of benzene rings is 1. The Labute approximate surface area is 230 Å². The average Bonchev–Trinajstić information content (AvgIpc) is 3.55. The average molecular weight is 556 g/mol. The second kappa shape index (κ2) is 9.57. The summed E-state index contributed by atoms with van der Waals surface area (Å²) >= 11 is 0. The molecule has 212 valence electrons. The Hall–Kier alpha value is -4.01. The zero-order valence-corrected chi connectivity index (χ0v) is 22.9. The van der Waals surface area contributed by atoms with Crippen LogP contribution < -0.4 is 5.73 Å². The van der Waals surface area contributed by atoms with E-state index in [0.717, 1.165) is 25.3 Å². The summed E-state index contributed by atoms with van der Waals surface area (Å²) in [5.74, 6) is 0.265. The third-order valence-electron chi connectivity index (χ3n) is 7.82. The summed E-state index contributed by atoms with van der Waals surface area (Å²) in [6, 6.07) is 6.21. The second-order valence-electron chi connectivity index (χ2n) is 11.9. The van der Waals surface area contributed by atoms with E-state index in [9.17, 15) is 23.2 Å². The van der Waals surface area contributed by atoms with Crippen molar-refractivity contribution in [3.05, 3.63) is 52.8 Å². The predicted octanol–water partition coefficient (Wildman–Crippen LogP) is 5.54. The molecule has 0 radical (unpaired) electrons. The molecule has 12 heteroatoms. The first-order valence-corrected chi connectivity index (χ1v) is 13.1. The molecule has 1 spiro atoms. The third-order valence-corrected chi connectivity index (χ3v) is 7.82. The molecule has 2 N–H and O–H groups in total. The van der Waals surface area contributed by atoms with Gasteiger partial charge in [0.1, 0.15) is 28.7 Å². The van der Waals surface area contributed by atoms with Gasteiger partial charge in [0.25, 0.3) is 0 Å². The number of nitrogen functional groups attached to an aromatic ring is 1. The van der Waals surface area contributed by atoms with Crippen molar-refractivity contribution >= 4 is 11.9 Å². The van der Waals surface area contributed by atoms with E-state index < -0.39 is 17.3 Å². The highest BCUT2D eigenvalue weighted by Crippen LogP contribution is 2.55.